The molecule has 2 aromatic rings. The maximum Gasteiger partial charge on any atom is 0.323 e. The second-order valence-corrected chi connectivity index (χ2v) is 14.2. The van der Waals surface area contributed by atoms with E-state index in [2.05, 4.69) is 39.6 Å². The molecule has 0 bridgehead atoms. The van der Waals surface area contributed by atoms with Crippen molar-refractivity contribution in [3.8, 4) is 0 Å². The van der Waals surface area contributed by atoms with Gasteiger partial charge in [-0.1, -0.05) is 6.07 Å². The number of anilines is 2. The number of hydrogen-bond acceptors (Lipinski definition) is 3. The van der Waals surface area contributed by atoms with Gasteiger partial charge in [0, 0.05) is 5.56 Å². The zero-order valence-electron chi connectivity index (χ0n) is 18.9. The van der Waals surface area contributed by atoms with Crippen LogP contribution < -0.4 is 10.6 Å². The number of halogens is 2. The molecule has 174 valence electrons. The summed E-state index contributed by atoms with van der Waals surface area (Å²) in [6.07, 6.45) is 9.23. The van der Waals surface area contributed by atoms with Crippen LogP contribution in [-0.2, 0) is 16.9 Å². The number of nitrogens with one attached hydrogen (secondary N) is 3. The second kappa shape index (κ2) is 7.47. The molecule has 0 atom stereocenters. The van der Waals surface area contributed by atoms with Crippen molar-refractivity contribution >= 4 is 33.5 Å². The number of carbonyl (C=O) groups is 2. The third kappa shape index (κ3) is 3.35. The first-order valence-corrected chi connectivity index (χ1v) is 13.3. The number of aromatic nitrogens is 2. The van der Waals surface area contributed by atoms with Crippen molar-refractivity contribution in [1.82, 2.24) is 15.1 Å². The summed E-state index contributed by atoms with van der Waals surface area (Å²) >= 11 is 0. The summed E-state index contributed by atoms with van der Waals surface area (Å²) in [4.78, 5) is 27.7. The van der Waals surface area contributed by atoms with Gasteiger partial charge in [0.1, 0.15) is 0 Å². The molecule has 7 nitrogen and oxygen atoms in total. The largest absolute Gasteiger partial charge is 0.323 e. The lowest BCUT2D eigenvalue weighted by molar-refractivity contribution is -0.120. The van der Waals surface area contributed by atoms with Gasteiger partial charge >= 0.3 is 6.03 Å². The van der Waals surface area contributed by atoms with E-state index in [1.165, 1.54) is 17.0 Å². The summed E-state index contributed by atoms with van der Waals surface area (Å²) in [7, 11) is -1.12. The normalized spacial score (nSPS) is 19.2. The number of hydrogen-bond donors (Lipinski definition) is 3. The third-order valence-corrected chi connectivity index (χ3v) is 9.83. The van der Waals surface area contributed by atoms with Crippen molar-refractivity contribution in [2.45, 2.75) is 49.9 Å². The molecule has 0 spiro atoms. The van der Waals surface area contributed by atoms with Crippen LogP contribution in [0.2, 0.25) is 0 Å². The Kier molecular flexibility index (Phi) is 5.27. The third-order valence-electron chi connectivity index (χ3n) is 6.89. The standard InChI is InChI=1S/C22H29F2N5O2S/c1-21(2)17-13(12-29(21)20(31)25-15-9-6-8-14(23)16(15)24)18(28-27-17)26-19(30)22(10-7-11-22)32(3,4)5/h6,8-9H,7,10-12H2,1-5H3,(H,25,31)(H2,26,27,28,30). The van der Waals surface area contributed by atoms with Gasteiger partial charge in [0.15, 0.2) is 17.5 Å². The van der Waals surface area contributed by atoms with Crippen LogP contribution in [0.15, 0.2) is 18.2 Å². The number of carbonyl (C=O) groups excluding carboxylic acids is 2. The van der Waals surface area contributed by atoms with E-state index < -0.39 is 33.2 Å². The van der Waals surface area contributed by atoms with Gasteiger partial charge in [-0.15, -0.1) is 0 Å². The highest BCUT2D eigenvalue weighted by atomic mass is 32.3. The quantitative estimate of drug-likeness (QED) is 0.620. The molecule has 4 rings (SSSR count). The molecule has 0 saturated heterocycles. The predicted octanol–water partition coefficient (Wildman–Crippen LogP) is 4.53. The molecule has 10 heteroatoms. The molecule has 0 radical (unpaired) electrons. The van der Waals surface area contributed by atoms with Crippen molar-refractivity contribution in [1.29, 1.82) is 0 Å². The molecule has 1 aromatic heterocycles. The van der Waals surface area contributed by atoms with E-state index in [9.17, 15) is 18.4 Å². The first-order valence-electron chi connectivity index (χ1n) is 10.5. The highest BCUT2D eigenvalue weighted by Crippen LogP contribution is 2.60. The number of urea groups is 1. The first kappa shape index (κ1) is 22.6. The number of nitrogens with zero attached hydrogens (tertiary/aromatic N) is 2. The second-order valence-electron chi connectivity index (χ2n) is 9.74. The molecule has 32 heavy (non-hydrogen) atoms. The fraction of sp³-hybridized carbons (Fsp3) is 0.500. The molecule has 2 heterocycles. The Hall–Kier alpha value is -2.62. The van der Waals surface area contributed by atoms with Crippen LogP contribution in [0.5, 0.6) is 0 Å². The van der Waals surface area contributed by atoms with E-state index in [-0.39, 0.29) is 22.9 Å². The summed E-state index contributed by atoms with van der Waals surface area (Å²) in [6, 6.07) is 3.05. The van der Waals surface area contributed by atoms with Gasteiger partial charge in [0.05, 0.1) is 28.2 Å². The topological polar surface area (TPSA) is 90.1 Å². The fourth-order valence-corrected chi connectivity index (χ4v) is 6.69. The number of amides is 3. The molecule has 2 aliphatic rings. The Labute approximate surface area is 187 Å². The lowest BCUT2D eigenvalue weighted by atomic mass is 9.83. The Morgan fingerprint density at radius 1 is 1.16 bits per heavy atom. The minimum Gasteiger partial charge on any atom is -0.309 e. The summed E-state index contributed by atoms with van der Waals surface area (Å²) in [6.45, 7) is 3.83. The smallest absolute Gasteiger partial charge is 0.309 e. The van der Waals surface area contributed by atoms with Gasteiger partial charge in [-0.05, 0) is 64.0 Å². The van der Waals surface area contributed by atoms with Crippen molar-refractivity contribution in [3.63, 3.8) is 0 Å². The molecule has 1 fully saturated rings. The number of rotatable bonds is 4. The Balaban J connectivity index is 1.55. The van der Waals surface area contributed by atoms with Gasteiger partial charge in [0.2, 0.25) is 5.91 Å². The van der Waals surface area contributed by atoms with Crippen LogP contribution in [0.1, 0.15) is 44.4 Å². The number of aromatic amines is 1. The molecule has 1 aliphatic heterocycles. The predicted molar refractivity (Wildman–Crippen MR) is 123 cm³/mol. The maximum absolute atomic E-state index is 14.0. The lowest BCUT2D eigenvalue weighted by Crippen LogP contribution is -2.51. The van der Waals surface area contributed by atoms with E-state index in [0.29, 0.717) is 11.5 Å². The van der Waals surface area contributed by atoms with Crippen LogP contribution in [0.25, 0.3) is 0 Å². The highest BCUT2D eigenvalue weighted by Gasteiger charge is 2.51. The maximum atomic E-state index is 14.0. The Morgan fingerprint density at radius 2 is 1.84 bits per heavy atom. The van der Waals surface area contributed by atoms with E-state index >= 15 is 0 Å². The molecule has 3 amide bonds. The van der Waals surface area contributed by atoms with Gasteiger partial charge < -0.3 is 15.5 Å². The highest BCUT2D eigenvalue weighted by molar-refractivity contribution is 8.33. The van der Waals surface area contributed by atoms with Crippen LogP contribution in [0.4, 0.5) is 25.1 Å². The van der Waals surface area contributed by atoms with Crippen molar-refractivity contribution in [2.24, 2.45) is 0 Å². The van der Waals surface area contributed by atoms with Crippen LogP contribution >= 0.6 is 10.0 Å². The minimum absolute atomic E-state index is 0.0249. The van der Waals surface area contributed by atoms with Crippen molar-refractivity contribution in [3.05, 3.63) is 41.1 Å². The van der Waals surface area contributed by atoms with E-state index in [0.717, 1.165) is 30.9 Å². The zero-order chi connectivity index (χ0) is 23.5. The van der Waals surface area contributed by atoms with E-state index in [1.54, 1.807) is 0 Å². The van der Waals surface area contributed by atoms with E-state index in [1.807, 2.05) is 13.8 Å². The number of H-pyrrole nitrogens is 1. The Bertz CT molecular complexity index is 1090. The van der Waals surface area contributed by atoms with Crippen molar-refractivity contribution < 1.29 is 18.4 Å². The van der Waals surface area contributed by atoms with Gasteiger partial charge in [-0.25, -0.2) is 23.6 Å². The average Bonchev–Trinajstić information content (AvgIpc) is 3.15. The molecular formula is C22H29F2N5O2S. The Morgan fingerprint density at radius 3 is 2.44 bits per heavy atom. The molecule has 1 aliphatic carbocycles. The summed E-state index contributed by atoms with van der Waals surface area (Å²) < 4.78 is 27.2. The summed E-state index contributed by atoms with van der Waals surface area (Å²) in [5.74, 6) is -1.75. The van der Waals surface area contributed by atoms with Crippen LogP contribution in [0, 0.1) is 11.6 Å². The van der Waals surface area contributed by atoms with Gasteiger partial charge in [0.25, 0.3) is 0 Å². The van der Waals surface area contributed by atoms with Gasteiger partial charge in [-0.2, -0.15) is 5.10 Å². The summed E-state index contributed by atoms with van der Waals surface area (Å²) in [5, 5.41) is 12.7. The molecule has 1 aromatic carbocycles. The summed E-state index contributed by atoms with van der Waals surface area (Å²) in [5.41, 5.74) is 0.404. The van der Waals surface area contributed by atoms with Crippen LogP contribution in [-0.4, -0.2) is 50.5 Å². The van der Waals surface area contributed by atoms with E-state index in [4.69, 9.17) is 0 Å². The number of benzene rings is 1. The zero-order valence-corrected chi connectivity index (χ0v) is 19.8. The molecule has 1 saturated carbocycles. The number of fused-ring (bicyclic) bond motifs is 1. The SMILES string of the molecule is CC1(C)c2[nH]nc(NC(=O)C3(S(C)(C)C)CCC3)c2CN1C(=O)Nc1cccc(F)c1F. The van der Waals surface area contributed by atoms with Crippen LogP contribution in [0.3, 0.4) is 0 Å². The van der Waals surface area contributed by atoms with Gasteiger partial charge in [-0.3, -0.25) is 9.89 Å². The van der Waals surface area contributed by atoms with Crippen molar-refractivity contribution in [2.75, 3.05) is 29.4 Å². The lowest BCUT2D eigenvalue weighted by Gasteiger charge is -2.53. The monoisotopic (exact) mass is 465 g/mol. The molecular weight excluding hydrogens is 436 g/mol. The molecule has 0 unspecified atom stereocenters. The first-order chi connectivity index (χ1) is 14.9. The fourth-order valence-electron chi connectivity index (χ4n) is 4.56. The molecule has 3 N–H and O–H groups in total. The average molecular weight is 466 g/mol. The minimum atomic E-state index is -1.12.